The molecular formula is C14H13NO5. The molecule has 0 N–H and O–H groups in total. The number of Topliss-reactive ketones (excluding diaryl/α,β-unsaturated/α-hetero) is 1. The van der Waals surface area contributed by atoms with Crippen molar-refractivity contribution in [3.8, 4) is 17.4 Å². The Morgan fingerprint density at radius 1 is 1.20 bits per heavy atom. The van der Waals surface area contributed by atoms with Crippen molar-refractivity contribution in [2.75, 3.05) is 20.8 Å². The standard InChI is InChI=1S/C14H13NO5/c1-15-12-8(4-7(18-2)5-10(12)19-3)13(17)11-9(16)6-20-14(11)15/h4-5H,6H2,1-3H3. The van der Waals surface area contributed by atoms with E-state index in [1.807, 2.05) is 0 Å². The quantitative estimate of drug-likeness (QED) is 0.822. The van der Waals surface area contributed by atoms with Gasteiger partial charge in [0.15, 0.2) is 6.61 Å². The number of aromatic nitrogens is 1. The lowest BCUT2D eigenvalue weighted by Crippen LogP contribution is -2.16. The largest absolute Gasteiger partial charge is 0.497 e. The minimum absolute atomic E-state index is 0.0929. The van der Waals surface area contributed by atoms with Crippen molar-refractivity contribution >= 4 is 16.7 Å². The van der Waals surface area contributed by atoms with Crippen LogP contribution in [-0.2, 0) is 7.05 Å². The topological polar surface area (TPSA) is 66.8 Å². The molecule has 2 aromatic rings. The summed E-state index contributed by atoms with van der Waals surface area (Å²) in [6.07, 6.45) is 0. The Morgan fingerprint density at radius 3 is 2.60 bits per heavy atom. The van der Waals surface area contributed by atoms with Gasteiger partial charge in [0, 0.05) is 13.1 Å². The van der Waals surface area contributed by atoms with Crippen LogP contribution >= 0.6 is 0 Å². The van der Waals surface area contributed by atoms with Crippen LogP contribution < -0.4 is 19.6 Å². The second kappa shape index (κ2) is 4.26. The predicted molar refractivity (Wildman–Crippen MR) is 72.1 cm³/mol. The van der Waals surface area contributed by atoms with Crippen molar-refractivity contribution < 1.29 is 19.0 Å². The first-order chi connectivity index (χ1) is 9.58. The Labute approximate surface area is 114 Å². The van der Waals surface area contributed by atoms with Crippen LogP contribution in [0.2, 0.25) is 0 Å². The van der Waals surface area contributed by atoms with Gasteiger partial charge in [0.2, 0.25) is 17.1 Å². The Hall–Kier alpha value is -2.50. The lowest BCUT2D eigenvalue weighted by molar-refractivity contribution is 0.0959. The predicted octanol–water partition coefficient (Wildman–Crippen LogP) is 1.13. The molecule has 6 heteroatoms. The molecule has 20 heavy (non-hydrogen) atoms. The summed E-state index contributed by atoms with van der Waals surface area (Å²) in [6, 6.07) is 3.29. The van der Waals surface area contributed by atoms with Crippen molar-refractivity contribution in [3.05, 3.63) is 27.9 Å². The van der Waals surface area contributed by atoms with E-state index in [0.717, 1.165) is 0 Å². The first-order valence-electron chi connectivity index (χ1n) is 6.03. The van der Waals surface area contributed by atoms with Crippen molar-refractivity contribution in [3.63, 3.8) is 0 Å². The van der Waals surface area contributed by atoms with Crippen LogP contribution in [0.1, 0.15) is 10.4 Å². The molecule has 0 saturated carbocycles. The van der Waals surface area contributed by atoms with E-state index in [-0.39, 0.29) is 29.3 Å². The summed E-state index contributed by atoms with van der Waals surface area (Å²) in [6.45, 7) is -0.103. The molecule has 3 rings (SSSR count). The van der Waals surface area contributed by atoms with Crippen LogP contribution in [0.15, 0.2) is 16.9 Å². The number of ether oxygens (including phenoxy) is 3. The molecule has 0 saturated heterocycles. The first kappa shape index (κ1) is 12.5. The number of pyridine rings is 1. The van der Waals surface area contributed by atoms with Gasteiger partial charge >= 0.3 is 0 Å². The monoisotopic (exact) mass is 275 g/mol. The molecule has 0 bridgehead atoms. The maximum absolute atomic E-state index is 12.5. The van der Waals surface area contributed by atoms with Crippen LogP contribution in [0.5, 0.6) is 17.4 Å². The van der Waals surface area contributed by atoms with Gasteiger partial charge in [-0.25, -0.2) is 0 Å². The molecule has 6 nitrogen and oxygen atoms in total. The van der Waals surface area contributed by atoms with Gasteiger partial charge < -0.3 is 18.8 Å². The van der Waals surface area contributed by atoms with Gasteiger partial charge in [0.1, 0.15) is 17.1 Å². The van der Waals surface area contributed by atoms with Crippen LogP contribution in [0.3, 0.4) is 0 Å². The minimum atomic E-state index is -0.354. The van der Waals surface area contributed by atoms with E-state index in [4.69, 9.17) is 14.2 Å². The summed E-state index contributed by atoms with van der Waals surface area (Å²) in [5.41, 5.74) is 0.315. The lowest BCUT2D eigenvalue weighted by atomic mass is 10.1. The molecular weight excluding hydrogens is 262 g/mol. The maximum atomic E-state index is 12.5. The molecule has 1 aromatic carbocycles. The highest BCUT2D eigenvalue weighted by molar-refractivity contribution is 6.05. The van der Waals surface area contributed by atoms with Crippen molar-refractivity contribution in [2.45, 2.75) is 0 Å². The maximum Gasteiger partial charge on any atom is 0.209 e. The number of hydrogen-bond acceptors (Lipinski definition) is 5. The molecule has 0 aliphatic carbocycles. The molecule has 1 aliphatic rings. The SMILES string of the molecule is COc1cc(OC)c2c(c1)c(=O)c1c(n2C)OCC1=O. The number of ketones is 1. The smallest absolute Gasteiger partial charge is 0.209 e. The summed E-state index contributed by atoms with van der Waals surface area (Å²) in [4.78, 5) is 24.3. The number of nitrogens with zero attached hydrogens (tertiary/aromatic N) is 1. The number of fused-ring (bicyclic) bond motifs is 2. The van der Waals surface area contributed by atoms with Gasteiger partial charge in [-0.15, -0.1) is 0 Å². The fourth-order valence-electron chi connectivity index (χ4n) is 2.50. The Morgan fingerprint density at radius 2 is 1.95 bits per heavy atom. The number of benzene rings is 1. The van der Waals surface area contributed by atoms with E-state index >= 15 is 0 Å². The van der Waals surface area contributed by atoms with Crippen LogP contribution in [0.25, 0.3) is 10.9 Å². The Balaban J connectivity index is 2.53. The molecule has 0 spiro atoms. The van der Waals surface area contributed by atoms with Crippen molar-refractivity contribution in [2.24, 2.45) is 7.05 Å². The number of aryl methyl sites for hydroxylation is 1. The van der Waals surface area contributed by atoms with E-state index in [9.17, 15) is 9.59 Å². The van der Waals surface area contributed by atoms with Gasteiger partial charge in [-0.2, -0.15) is 0 Å². The highest BCUT2D eigenvalue weighted by Gasteiger charge is 2.30. The van der Waals surface area contributed by atoms with Gasteiger partial charge in [-0.3, -0.25) is 9.59 Å². The molecule has 2 heterocycles. The third-order valence-electron chi connectivity index (χ3n) is 3.45. The minimum Gasteiger partial charge on any atom is -0.497 e. The van der Waals surface area contributed by atoms with Crippen LogP contribution in [0, 0.1) is 0 Å². The average Bonchev–Trinajstić information content (AvgIpc) is 2.85. The lowest BCUT2D eigenvalue weighted by Gasteiger charge is -2.14. The molecule has 104 valence electrons. The highest BCUT2D eigenvalue weighted by atomic mass is 16.5. The van der Waals surface area contributed by atoms with Gasteiger partial charge in [-0.1, -0.05) is 0 Å². The fourth-order valence-corrected chi connectivity index (χ4v) is 2.50. The second-order valence-corrected chi connectivity index (χ2v) is 4.51. The number of hydrogen-bond donors (Lipinski definition) is 0. The van der Waals surface area contributed by atoms with Crippen molar-refractivity contribution in [1.29, 1.82) is 0 Å². The summed E-state index contributed by atoms with van der Waals surface area (Å²) >= 11 is 0. The molecule has 0 radical (unpaired) electrons. The van der Waals surface area contributed by atoms with E-state index < -0.39 is 0 Å². The zero-order chi connectivity index (χ0) is 14.4. The summed E-state index contributed by atoms with van der Waals surface area (Å²) < 4.78 is 17.4. The molecule has 0 amide bonds. The zero-order valence-corrected chi connectivity index (χ0v) is 11.4. The molecule has 0 fully saturated rings. The molecule has 0 unspecified atom stereocenters. The van der Waals surface area contributed by atoms with E-state index in [1.54, 1.807) is 23.7 Å². The van der Waals surface area contributed by atoms with E-state index in [0.29, 0.717) is 22.4 Å². The average molecular weight is 275 g/mol. The molecule has 1 aliphatic heterocycles. The van der Waals surface area contributed by atoms with Gasteiger partial charge in [0.05, 0.1) is 25.1 Å². The number of carbonyl (C=O) groups is 1. The third kappa shape index (κ3) is 1.51. The summed E-state index contributed by atoms with van der Waals surface area (Å²) in [5, 5.41) is 0.376. The number of rotatable bonds is 2. The van der Waals surface area contributed by atoms with Crippen molar-refractivity contribution in [1.82, 2.24) is 4.57 Å². The Bertz CT molecular complexity index is 790. The van der Waals surface area contributed by atoms with E-state index in [1.165, 1.54) is 14.2 Å². The number of carbonyl (C=O) groups excluding carboxylic acids is 1. The molecule has 1 aromatic heterocycles. The summed E-state index contributed by atoms with van der Waals surface area (Å²) in [5.74, 6) is 0.975. The van der Waals surface area contributed by atoms with E-state index in [2.05, 4.69) is 0 Å². The fraction of sp³-hybridized carbons (Fsp3) is 0.286. The first-order valence-corrected chi connectivity index (χ1v) is 6.03. The Kier molecular flexibility index (Phi) is 2.67. The van der Waals surface area contributed by atoms with Crippen LogP contribution in [-0.4, -0.2) is 31.2 Å². The van der Waals surface area contributed by atoms with Gasteiger partial charge in [-0.05, 0) is 6.07 Å². The summed E-state index contributed by atoms with van der Waals surface area (Å²) in [7, 11) is 4.75. The number of methoxy groups -OCH3 is 2. The molecule has 0 atom stereocenters. The zero-order valence-electron chi connectivity index (χ0n) is 11.4. The third-order valence-corrected chi connectivity index (χ3v) is 3.45. The normalized spacial score (nSPS) is 13.2. The van der Waals surface area contributed by atoms with Crippen LogP contribution in [0.4, 0.5) is 0 Å². The second-order valence-electron chi connectivity index (χ2n) is 4.51. The van der Waals surface area contributed by atoms with Gasteiger partial charge in [0.25, 0.3) is 0 Å². The highest BCUT2D eigenvalue weighted by Crippen LogP contribution is 2.34.